The molecule has 4 heteroatoms. The first-order chi connectivity index (χ1) is 9.56. The van der Waals surface area contributed by atoms with Gasteiger partial charge in [0.1, 0.15) is 0 Å². The number of hydrogen-bond donors (Lipinski definition) is 1. The standard InChI is InChI=1S/C16H28BrN3/c1-5-20(10-6-9-19(3)4)13-15-8-7-14(12-18-2)11-16(15)17/h7-8,11,18H,5-6,9-10,12-13H2,1-4H3. The molecule has 0 aliphatic rings. The maximum absolute atomic E-state index is 3.70. The zero-order valence-corrected chi connectivity index (χ0v) is 14.8. The molecule has 0 saturated carbocycles. The van der Waals surface area contributed by atoms with Gasteiger partial charge in [0.25, 0.3) is 0 Å². The molecule has 0 aliphatic carbocycles. The van der Waals surface area contributed by atoms with Gasteiger partial charge in [0.15, 0.2) is 0 Å². The van der Waals surface area contributed by atoms with Crippen LogP contribution in [-0.2, 0) is 13.1 Å². The number of benzene rings is 1. The van der Waals surface area contributed by atoms with Gasteiger partial charge in [0.05, 0.1) is 0 Å². The molecule has 1 rings (SSSR count). The molecule has 1 aromatic carbocycles. The highest BCUT2D eigenvalue weighted by Gasteiger charge is 2.07. The number of nitrogens with one attached hydrogen (secondary N) is 1. The van der Waals surface area contributed by atoms with E-state index in [1.807, 2.05) is 7.05 Å². The van der Waals surface area contributed by atoms with E-state index in [4.69, 9.17) is 0 Å². The summed E-state index contributed by atoms with van der Waals surface area (Å²) in [5, 5.41) is 3.19. The molecule has 3 nitrogen and oxygen atoms in total. The van der Waals surface area contributed by atoms with Gasteiger partial charge in [-0.05, 0) is 64.4 Å². The van der Waals surface area contributed by atoms with Crippen LogP contribution in [0.15, 0.2) is 22.7 Å². The molecule has 0 atom stereocenters. The van der Waals surface area contributed by atoms with Crippen LogP contribution < -0.4 is 5.32 Å². The number of hydrogen-bond acceptors (Lipinski definition) is 3. The molecule has 0 amide bonds. The van der Waals surface area contributed by atoms with Gasteiger partial charge in [-0.25, -0.2) is 0 Å². The molecule has 0 radical (unpaired) electrons. The average Bonchev–Trinajstić information content (AvgIpc) is 2.40. The van der Waals surface area contributed by atoms with Crippen LogP contribution in [0.5, 0.6) is 0 Å². The van der Waals surface area contributed by atoms with Crippen molar-refractivity contribution in [3.05, 3.63) is 33.8 Å². The van der Waals surface area contributed by atoms with E-state index in [1.165, 1.54) is 22.0 Å². The molecular weight excluding hydrogens is 314 g/mol. The molecule has 0 fully saturated rings. The first-order valence-electron chi connectivity index (χ1n) is 7.35. The minimum absolute atomic E-state index is 0.916. The van der Waals surface area contributed by atoms with Crippen molar-refractivity contribution in [1.82, 2.24) is 15.1 Å². The van der Waals surface area contributed by atoms with Crippen LogP contribution in [0, 0.1) is 0 Å². The van der Waals surface area contributed by atoms with Gasteiger partial charge < -0.3 is 10.2 Å². The molecule has 0 unspecified atom stereocenters. The number of rotatable bonds is 9. The van der Waals surface area contributed by atoms with Crippen LogP contribution in [0.1, 0.15) is 24.5 Å². The van der Waals surface area contributed by atoms with Gasteiger partial charge in [-0.2, -0.15) is 0 Å². The summed E-state index contributed by atoms with van der Waals surface area (Å²) in [5.41, 5.74) is 2.69. The van der Waals surface area contributed by atoms with Crippen molar-refractivity contribution in [2.24, 2.45) is 0 Å². The summed E-state index contributed by atoms with van der Waals surface area (Å²) in [6.45, 7) is 7.57. The lowest BCUT2D eigenvalue weighted by Crippen LogP contribution is -2.27. The third-order valence-corrected chi connectivity index (χ3v) is 4.16. The maximum atomic E-state index is 3.70. The zero-order valence-electron chi connectivity index (χ0n) is 13.2. The second-order valence-electron chi connectivity index (χ2n) is 5.48. The summed E-state index contributed by atoms with van der Waals surface area (Å²) in [6, 6.07) is 6.68. The Kier molecular flexibility index (Phi) is 8.38. The van der Waals surface area contributed by atoms with E-state index in [2.05, 4.69) is 70.3 Å². The first-order valence-corrected chi connectivity index (χ1v) is 8.15. The molecule has 20 heavy (non-hydrogen) atoms. The minimum atomic E-state index is 0.916. The molecule has 114 valence electrons. The lowest BCUT2D eigenvalue weighted by Gasteiger charge is -2.22. The second-order valence-corrected chi connectivity index (χ2v) is 6.34. The van der Waals surface area contributed by atoms with Crippen molar-refractivity contribution in [2.45, 2.75) is 26.4 Å². The summed E-state index contributed by atoms with van der Waals surface area (Å²) < 4.78 is 1.22. The van der Waals surface area contributed by atoms with E-state index < -0.39 is 0 Å². The third kappa shape index (κ3) is 6.35. The first kappa shape index (κ1) is 17.6. The van der Waals surface area contributed by atoms with E-state index >= 15 is 0 Å². The predicted molar refractivity (Wildman–Crippen MR) is 91.0 cm³/mol. The summed E-state index contributed by atoms with van der Waals surface area (Å²) in [6.07, 6.45) is 1.22. The lowest BCUT2D eigenvalue weighted by atomic mass is 10.1. The Morgan fingerprint density at radius 2 is 1.95 bits per heavy atom. The van der Waals surface area contributed by atoms with Gasteiger partial charge in [-0.15, -0.1) is 0 Å². The monoisotopic (exact) mass is 341 g/mol. The highest BCUT2D eigenvalue weighted by molar-refractivity contribution is 9.10. The summed E-state index contributed by atoms with van der Waals surface area (Å²) >= 11 is 3.70. The van der Waals surface area contributed by atoms with Crippen LogP contribution in [-0.4, -0.2) is 50.6 Å². The van der Waals surface area contributed by atoms with Crippen LogP contribution in [0.25, 0.3) is 0 Å². The van der Waals surface area contributed by atoms with E-state index in [-0.39, 0.29) is 0 Å². The summed E-state index contributed by atoms with van der Waals surface area (Å²) in [4.78, 5) is 4.75. The van der Waals surface area contributed by atoms with E-state index in [0.717, 1.165) is 32.7 Å². The lowest BCUT2D eigenvalue weighted by molar-refractivity contribution is 0.259. The van der Waals surface area contributed by atoms with E-state index in [1.54, 1.807) is 0 Å². The molecule has 0 aromatic heterocycles. The van der Waals surface area contributed by atoms with Gasteiger partial charge >= 0.3 is 0 Å². The van der Waals surface area contributed by atoms with Crippen molar-refractivity contribution in [1.29, 1.82) is 0 Å². The van der Waals surface area contributed by atoms with E-state index in [0.29, 0.717) is 0 Å². The van der Waals surface area contributed by atoms with E-state index in [9.17, 15) is 0 Å². The maximum Gasteiger partial charge on any atom is 0.0244 e. The molecule has 1 N–H and O–H groups in total. The Balaban J connectivity index is 2.56. The molecule has 1 aromatic rings. The molecule has 0 spiro atoms. The third-order valence-electron chi connectivity index (χ3n) is 3.42. The Bertz CT molecular complexity index is 393. The zero-order chi connectivity index (χ0) is 15.0. The molecule has 0 aliphatic heterocycles. The van der Waals surface area contributed by atoms with Crippen LogP contribution in [0.4, 0.5) is 0 Å². The predicted octanol–water partition coefficient (Wildman–Crippen LogP) is 2.94. The van der Waals surface area contributed by atoms with Gasteiger partial charge in [-0.1, -0.05) is 35.0 Å². The molecule has 0 saturated heterocycles. The fraction of sp³-hybridized carbons (Fsp3) is 0.625. The SMILES string of the molecule is CCN(CCCN(C)C)Cc1ccc(CNC)cc1Br. The molecular formula is C16H28BrN3. The van der Waals surface area contributed by atoms with Crippen molar-refractivity contribution in [3.63, 3.8) is 0 Å². The molecule has 0 bridgehead atoms. The largest absolute Gasteiger partial charge is 0.316 e. The molecule has 0 heterocycles. The summed E-state index contributed by atoms with van der Waals surface area (Å²) in [7, 11) is 6.24. The fourth-order valence-electron chi connectivity index (χ4n) is 2.23. The fourth-order valence-corrected chi connectivity index (χ4v) is 2.79. The highest BCUT2D eigenvalue weighted by Crippen LogP contribution is 2.20. The van der Waals surface area contributed by atoms with Crippen LogP contribution >= 0.6 is 15.9 Å². The number of nitrogens with zero attached hydrogens (tertiary/aromatic N) is 2. The average molecular weight is 342 g/mol. The van der Waals surface area contributed by atoms with Crippen molar-refractivity contribution < 1.29 is 0 Å². The van der Waals surface area contributed by atoms with Gasteiger partial charge in [-0.3, -0.25) is 4.90 Å². The van der Waals surface area contributed by atoms with Crippen molar-refractivity contribution in [3.8, 4) is 0 Å². The van der Waals surface area contributed by atoms with Crippen molar-refractivity contribution >= 4 is 15.9 Å². The van der Waals surface area contributed by atoms with Crippen molar-refractivity contribution in [2.75, 3.05) is 40.8 Å². The minimum Gasteiger partial charge on any atom is -0.316 e. The van der Waals surface area contributed by atoms with Gasteiger partial charge in [0, 0.05) is 17.6 Å². The smallest absolute Gasteiger partial charge is 0.0244 e. The Morgan fingerprint density at radius 3 is 2.50 bits per heavy atom. The second kappa shape index (κ2) is 9.50. The topological polar surface area (TPSA) is 18.5 Å². The summed E-state index contributed by atoms with van der Waals surface area (Å²) in [5.74, 6) is 0. The van der Waals surface area contributed by atoms with Crippen LogP contribution in [0.3, 0.4) is 0 Å². The Morgan fingerprint density at radius 1 is 1.20 bits per heavy atom. The Labute approximate surface area is 132 Å². The normalized spacial score (nSPS) is 11.6. The van der Waals surface area contributed by atoms with Crippen LogP contribution in [0.2, 0.25) is 0 Å². The number of halogens is 1. The quantitative estimate of drug-likeness (QED) is 0.744. The van der Waals surface area contributed by atoms with Gasteiger partial charge in [0.2, 0.25) is 0 Å². The highest BCUT2D eigenvalue weighted by atomic mass is 79.9. The Hall–Kier alpha value is -0.420.